The molecule has 0 bridgehead atoms. The molecule has 1 aliphatic heterocycles. The first-order valence-electron chi connectivity index (χ1n) is 8.31. The van der Waals surface area contributed by atoms with Crippen LogP contribution in [0.3, 0.4) is 0 Å². The SMILES string of the molecule is O=Cc1ccc(C2=CC3CC(Cc4ccccc4)=CC=C3O2)c(F)c1. The number of benzene rings is 2. The van der Waals surface area contributed by atoms with Gasteiger partial charge in [0, 0.05) is 11.5 Å². The highest BCUT2D eigenvalue weighted by Crippen LogP contribution is 2.40. The van der Waals surface area contributed by atoms with Gasteiger partial charge in [0.05, 0.1) is 5.56 Å². The Balaban J connectivity index is 1.53. The topological polar surface area (TPSA) is 26.3 Å². The van der Waals surface area contributed by atoms with Crippen LogP contribution in [0.1, 0.15) is 27.9 Å². The summed E-state index contributed by atoms with van der Waals surface area (Å²) >= 11 is 0. The molecule has 0 saturated heterocycles. The van der Waals surface area contributed by atoms with Crippen molar-refractivity contribution in [2.24, 2.45) is 5.92 Å². The van der Waals surface area contributed by atoms with Crippen LogP contribution in [0.2, 0.25) is 0 Å². The third-order valence-corrected chi connectivity index (χ3v) is 4.58. The maximum absolute atomic E-state index is 14.2. The van der Waals surface area contributed by atoms with Gasteiger partial charge in [-0.3, -0.25) is 4.79 Å². The average molecular weight is 332 g/mol. The van der Waals surface area contributed by atoms with Crippen LogP contribution in [-0.2, 0) is 11.2 Å². The molecule has 1 unspecified atom stereocenters. The van der Waals surface area contributed by atoms with Crippen molar-refractivity contribution < 1.29 is 13.9 Å². The van der Waals surface area contributed by atoms with Gasteiger partial charge in [0.1, 0.15) is 23.6 Å². The third kappa shape index (κ3) is 3.18. The Morgan fingerprint density at radius 2 is 1.96 bits per heavy atom. The van der Waals surface area contributed by atoms with Gasteiger partial charge in [-0.05, 0) is 42.7 Å². The highest BCUT2D eigenvalue weighted by Gasteiger charge is 2.28. The van der Waals surface area contributed by atoms with Crippen LogP contribution in [-0.4, -0.2) is 6.29 Å². The van der Waals surface area contributed by atoms with Crippen molar-refractivity contribution in [1.29, 1.82) is 0 Å². The summed E-state index contributed by atoms with van der Waals surface area (Å²) in [6, 6.07) is 14.8. The van der Waals surface area contributed by atoms with Gasteiger partial charge >= 0.3 is 0 Å². The van der Waals surface area contributed by atoms with E-state index in [2.05, 4.69) is 18.2 Å². The highest BCUT2D eigenvalue weighted by atomic mass is 19.1. The highest BCUT2D eigenvalue weighted by molar-refractivity contribution is 5.76. The van der Waals surface area contributed by atoms with Gasteiger partial charge in [-0.2, -0.15) is 0 Å². The second kappa shape index (κ2) is 6.52. The minimum absolute atomic E-state index is 0.142. The van der Waals surface area contributed by atoms with E-state index >= 15 is 0 Å². The first-order chi connectivity index (χ1) is 12.2. The van der Waals surface area contributed by atoms with Crippen molar-refractivity contribution in [3.63, 3.8) is 0 Å². The molecule has 0 amide bonds. The first-order valence-corrected chi connectivity index (χ1v) is 8.31. The number of fused-ring (bicyclic) bond motifs is 1. The van der Waals surface area contributed by atoms with Crippen LogP contribution in [0.25, 0.3) is 5.76 Å². The lowest BCUT2D eigenvalue weighted by atomic mass is 9.89. The molecule has 1 atom stereocenters. The monoisotopic (exact) mass is 332 g/mol. The van der Waals surface area contributed by atoms with E-state index in [1.807, 2.05) is 30.4 Å². The predicted molar refractivity (Wildman–Crippen MR) is 95.3 cm³/mol. The Kier molecular flexibility index (Phi) is 4.06. The summed E-state index contributed by atoms with van der Waals surface area (Å²) < 4.78 is 20.1. The zero-order valence-corrected chi connectivity index (χ0v) is 13.6. The number of hydrogen-bond acceptors (Lipinski definition) is 2. The maximum Gasteiger partial charge on any atom is 0.150 e. The molecule has 1 heterocycles. The van der Waals surface area contributed by atoms with Gasteiger partial charge < -0.3 is 4.74 Å². The Morgan fingerprint density at radius 1 is 1.12 bits per heavy atom. The molecule has 0 spiro atoms. The summed E-state index contributed by atoms with van der Waals surface area (Å²) in [5.74, 6) is 1.09. The van der Waals surface area contributed by atoms with E-state index in [0.29, 0.717) is 23.2 Å². The van der Waals surface area contributed by atoms with Crippen LogP contribution in [0.15, 0.2) is 78.1 Å². The molecule has 25 heavy (non-hydrogen) atoms. The Bertz CT molecular complexity index is 907. The molecule has 2 aromatic carbocycles. The van der Waals surface area contributed by atoms with Crippen LogP contribution in [0.4, 0.5) is 4.39 Å². The van der Waals surface area contributed by atoms with E-state index in [4.69, 9.17) is 4.74 Å². The fourth-order valence-corrected chi connectivity index (χ4v) is 3.31. The van der Waals surface area contributed by atoms with Gasteiger partial charge in [-0.15, -0.1) is 0 Å². The number of carbonyl (C=O) groups is 1. The van der Waals surface area contributed by atoms with E-state index in [0.717, 1.165) is 18.6 Å². The van der Waals surface area contributed by atoms with E-state index in [-0.39, 0.29) is 5.92 Å². The van der Waals surface area contributed by atoms with Crippen LogP contribution >= 0.6 is 0 Å². The molecule has 0 saturated carbocycles. The molecule has 1 aliphatic carbocycles. The van der Waals surface area contributed by atoms with Gasteiger partial charge in [0.25, 0.3) is 0 Å². The molecule has 0 aromatic heterocycles. The number of ether oxygens (including phenoxy) is 1. The molecule has 4 rings (SSSR count). The lowest BCUT2D eigenvalue weighted by molar-refractivity contribution is 0.112. The van der Waals surface area contributed by atoms with E-state index < -0.39 is 5.82 Å². The van der Waals surface area contributed by atoms with Gasteiger partial charge in [0.2, 0.25) is 0 Å². The number of carbonyl (C=O) groups excluding carboxylic acids is 1. The normalized spacial score (nSPS) is 18.6. The van der Waals surface area contributed by atoms with Crippen LogP contribution < -0.4 is 0 Å². The number of hydrogen-bond donors (Lipinski definition) is 0. The van der Waals surface area contributed by atoms with E-state index in [1.54, 1.807) is 12.1 Å². The van der Waals surface area contributed by atoms with Crippen molar-refractivity contribution in [3.8, 4) is 0 Å². The number of allylic oxidation sites excluding steroid dienone is 4. The van der Waals surface area contributed by atoms with Crippen molar-refractivity contribution in [1.82, 2.24) is 0 Å². The Morgan fingerprint density at radius 3 is 2.72 bits per heavy atom. The van der Waals surface area contributed by atoms with E-state index in [9.17, 15) is 9.18 Å². The zero-order valence-electron chi connectivity index (χ0n) is 13.6. The van der Waals surface area contributed by atoms with Crippen molar-refractivity contribution in [2.75, 3.05) is 0 Å². The average Bonchev–Trinajstić information content (AvgIpc) is 3.05. The smallest absolute Gasteiger partial charge is 0.150 e. The Labute approximate surface area is 145 Å². The molecule has 124 valence electrons. The number of halogens is 1. The molecule has 0 radical (unpaired) electrons. The maximum atomic E-state index is 14.2. The zero-order chi connectivity index (χ0) is 17.2. The molecule has 3 heteroatoms. The predicted octanol–water partition coefficient (Wildman–Crippen LogP) is 5.08. The summed E-state index contributed by atoms with van der Waals surface area (Å²) in [4.78, 5) is 10.8. The third-order valence-electron chi connectivity index (χ3n) is 4.58. The fourth-order valence-electron chi connectivity index (χ4n) is 3.31. The van der Waals surface area contributed by atoms with Crippen molar-refractivity contribution >= 4 is 12.0 Å². The second-order valence-corrected chi connectivity index (χ2v) is 6.36. The minimum Gasteiger partial charge on any atom is -0.461 e. The summed E-state index contributed by atoms with van der Waals surface area (Å²) in [6.45, 7) is 0. The molecule has 0 fully saturated rings. The summed E-state index contributed by atoms with van der Waals surface area (Å²) in [5.41, 5.74) is 3.33. The van der Waals surface area contributed by atoms with Gasteiger partial charge in [0.15, 0.2) is 0 Å². The lowest BCUT2D eigenvalue weighted by Gasteiger charge is -2.17. The summed E-state index contributed by atoms with van der Waals surface area (Å²) in [6.07, 6.45) is 8.47. The fraction of sp³-hybridized carbons (Fsp3) is 0.136. The molecular weight excluding hydrogens is 315 g/mol. The van der Waals surface area contributed by atoms with E-state index in [1.165, 1.54) is 17.2 Å². The van der Waals surface area contributed by atoms with Crippen LogP contribution in [0, 0.1) is 11.7 Å². The van der Waals surface area contributed by atoms with Crippen LogP contribution in [0.5, 0.6) is 0 Å². The quantitative estimate of drug-likeness (QED) is 0.730. The second-order valence-electron chi connectivity index (χ2n) is 6.36. The largest absolute Gasteiger partial charge is 0.461 e. The molecule has 2 aliphatic rings. The van der Waals surface area contributed by atoms with Gasteiger partial charge in [-0.1, -0.05) is 48.0 Å². The minimum atomic E-state index is -0.437. The Hall–Kier alpha value is -2.94. The van der Waals surface area contributed by atoms with Crippen molar-refractivity contribution in [2.45, 2.75) is 12.8 Å². The molecule has 2 nitrogen and oxygen atoms in total. The number of rotatable bonds is 4. The lowest BCUT2D eigenvalue weighted by Crippen LogP contribution is -2.05. The number of aldehydes is 1. The molecule has 0 N–H and O–H groups in total. The standard InChI is InChI=1S/C22H17FO2/c23-20-12-17(14-24)6-8-19(20)22-13-18-11-16(7-9-21(18)25-22)10-15-4-2-1-3-5-15/h1-9,12-14,18H,10-11H2. The summed E-state index contributed by atoms with van der Waals surface area (Å²) in [7, 11) is 0. The van der Waals surface area contributed by atoms with Gasteiger partial charge in [-0.25, -0.2) is 4.39 Å². The first kappa shape index (κ1) is 15.6. The molecular formula is C22H17FO2. The summed E-state index contributed by atoms with van der Waals surface area (Å²) in [5, 5.41) is 0. The van der Waals surface area contributed by atoms with Crippen molar-refractivity contribution in [3.05, 3.63) is 101 Å². The molecule has 2 aromatic rings.